The Balaban J connectivity index is 2.14. The van der Waals surface area contributed by atoms with Crippen LogP contribution in [0.2, 0.25) is 0 Å². The first kappa shape index (κ1) is 19.6. The molecule has 0 unspecified atom stereocenters. The molecule has 138 valence electrons. The number of nitrogens with one attached hydrogen (secondary N) is 1. The largest absolute Gasteiger partial charge is 0.351 e. The summed E-state index contributed by atoms with van der Waals surface area (Å²) in [6, 6.07) is 12.8. The van der Waals surface area contributed by atoms with Crippen LogP contribution in [-0.4, -0.2) is 29.9 Å². The minimum absolute atomic E-state index is 0.210. The molecule has 2 rings (SSSR count). The Morgan fingerprint density at radius 2 is 1.77 bits per heavy atom. The lowest BCUT2D eigenvalue weighted by atomic mass is 10.2. The highest BCUT2D eigenvalue weighted by molar-refractivity contribution is 6.05. The van der Waals surface area contributed by atoms with Crippen LogP contribution in [0.4, 0.5) is 5.69 Å². The summed E-state index contributed by atoms with van der Waals surface area (Å²) in [5, 5.41) is 2.86. The van der Waals surface area contributed by atoms with Crippen molar-refractivity contribution in [1.29, 1.82) is 0 Å². The van der Waals surface area contributed by atoms with E-state index in [9.17, 15) is 9.59 Å². The van der Waals surface area contributed by atoms with E-state index in [1.165, 1.54) is 0 Å². The van der Waals surface area contributed by atoms with Gasteiger partial charge >= 0.3 is 0 Å². The van der Waals surface area contributed by atoms with E-state index in [4.69, 9.17) is 0 Å². The Kier molecular flexibility index (Phi) is 7.33. The van der Waals surface area contributed by atoms with E-state index >= 15 is 0 Å². The number of pyridine rings is 1. The van der Waals surface area contributed by atoms with Gasteiger partial charge in [-0.1, -0.05) is 38.0 Å². The molecule has 0 bridgehead atoms. The monoisotopic (exact) mass is 353 g/mol. The van der Waals surface area contributed by atoms with Crippen LogP contribution in [0.3, 0.4) is 0 Å². The van der Waals surface area contributed by atoms with E-state index in [1.54, 1.807) is 23.1 Å². The fraction of sp³-hybridized carbons (Fsp3) is 0.381. The van der Waals surface area contributed by atoms with E-state index in [2.05, 4.69) is 17.2 Å². The van der Waals surface area contributed by atoms with Crippen LogP contribution >= 0.6 is 0 Å². The molecule has 2 amide bonds. The van der Waals surface area contributed by atoms with Crippen LogP contribution in [0.1, 0.15) is 59.7 Å². The number of rotatable bonds is 8. The van der Waals surface area contributed by atoms with Gasteiger partial charge in [-0.3, -0.25) is 9.59 Å². The molecule has 0 saturated heterocycles. The molecule has 1 aromatic carbocycles. The maximum absolute atomic E-state index is 12.9. The van der Waals surface area contributed by atoms with Crippen molar-refractivity contribution in [1.82, 2.24) is 10.3 Å². The summed E-state index contributed by atoms with van der Waals surface area (Å²) in [4.78, 5) is 31.1. The van der Waals surface area contributed by atoms with Gasteiger partial charge in [0.2, 0.25) is 0 Å². The molecule has 0 spiro atoms. The minimum atomic E-state index is -0.241. The summed E-state index contributed by atoms with van der Waals surface area (Å²) in [6.07, 6.45) is 3.12. The molecule has 0 aliphatic rings. The van der Waals surface area contributed by atoms with Gasteiger partial charge in [-0.15, -0.1) is 0 Å². The topological polar surface area (TPSA) is 62.3 Å². The number of aromatic nitrogens is 1. The summed E-state index contributed by atoms with van der Waals surface area (Å²) in [5.74, 6) is -0.451. The van der Waals surface area contributed by atoms with Crippen molar-refractivity contribution in [3.63, 3.8) is 0 Å². The first-order chi connectivity index (χ1) is 12.6. The van der Waals surface area contributed by atoms with Crippen LogP contribution in [-0.2, 0) is 0 Å². The lowest BCUT2D eigenvalue weighted by Gasteiger charge is -2.21. The number of amides is 2. The van der Waals surface area contributed by atoms with E-state index < -0.39 is 0 Å². The van der Waals surface area contributed by atoms with Crippen molar-refractivity contribution in [3.05, 3.63) is 59.4 Å². The number of benzene rings is 1. The molecule has 1 N–H and O–H groups in total. The van der Waals surface area contributed by atoms with E-state index in [1.807, 2.05) is 38.1 Å². The smallest absolute Gasteiger partial charge is 0.276 e. The third-order valence-corrected chi connectivity index (χ3v) is 4.14. The predicted molar refractivity (Wildman–Crippen MR) is 105 cm³/mol. The van der Waals surface area contributed by atoms with Crippen LogP contribution in [0.15, 0.2) is 42.5 Å². The van der Waals surface area contributed by atoms with Crippen molar-refractivity contribution in [2.45, 2.75) is 40.0 Å². The highest BCUT2D eigenvalue weighted by Crippen LogP contribution is 2.18. The first-order valence-electron chi connectivity index (χ1n) is 9.20. The zero-order chi connectivity index (χ0) is 18.9. The number of hydrogen-bond donors (Lipinski definition) is 1. The van der Waals surface area contributed by atoms with E-state index in [0.29, 0.717) is 13.1 Å². The second kappa shape index (κ2) is 9.70. The van der Waals surface area contributed by atoms with Crippen molar-refractivity contribution >= 4 is 17.5 Å². The number of aryl methyl sites for hydroxylation is 1. The predicted octanol–water partition coefficient (Wildman–Crippen LogP) is 3.98. The Bertz CT molecular complexity index is 758. The number of hydrogen-bond acceptors (Lipinski definition) is 3. The van der Waals surface area contributed by atoms with Crippen molar-refractivity contribution < 1.29 is 9.59 Å². The summed E-state index contributed by atoms with van der Waals surface area (Å²) in [6.45, 7) is 7.18. The molecule has 5 nitrogen and oxygen atoms in total. The molecule has 0 saturated carbocycles. The second-order valence-corrected chi connectivity index (χ2v) is 6.26. The molecular weight excluding hydrogens is 326 g/mol. The molecule has 2 aromatic rings. The number of carbonyl (C=O) groups excluding carboxylic acids is 2. The normalized spacial score (nSPS) is 10.4. The fourth-order valence-electron chi connectivity index (χ4n) is 2.73. The molecule has 0 fully saturated rings. The zero-order valence-corrected chi connectivity index (χ0v) is 15.8. The van der Waals surface area contributed by atoms with Gasteiger partial charge in [0, 0.05) is 18.8 Å². The minimum Gasteiger partial charge on any atom is -0.351 e. The van der Waals surface area contributed by atoms with Gasteiger partial charge in [0.05, 0.1) is 0 Å². The quantitative estimate of drug-likeness (QED) is 0.730. The average molecular weight is 353 g/mol. The average Bonchev–Trinajstić information content (AvgIpc) is 2.66. The first-order valence-corrected chi connectivity index (χ1v) is 9.20. The molecule has 5 heteroatoms. The number of nitrogens with zero attached hydrogens (tertiary/aromatic N) is 2. The van der Waals surface area contributed by atoms with Gasteiger partial charge in [0.25, 0.3) is 11.8 Å². The summed E-state index contributed by atoms with van der Waals surface area (Å²) >= 11 is 0. The second-order valence-electron chi connectivity index (χ2n) is 6.26. The number of carbonyl (C=O) groups is 2. The van der Waals surface area contributed by atoms with E-state index in [0.717, 1.165) is 30.5 Å². The van der Waals surface area contributed by atoms with Crippen LogP contribution in [0.25, 0.3) is 0 Å². The Morgan fingerprint density at radius 3 is 2.46 bits per heavy atom. The molecule has 1 aromatic heterocycles. The van der Waals surface area contributed by atoms with Crippen LogP contribution < -0.4 is 10.2 Å². The Hall–Kier alpha value is -2.69. The van der Waals surface area contributed by atoms with Crippen molar-refractivity contribution in [3.8, 4) is 0 Å². The van der Waals surface area contributed by atoms with Gasteiger partial charge in [-0.25, -0.2) is 4.98 Å². The summed E-state index contributed by atoms with van der Waals surface area (Å²) in [5.41, 5.74) is 2.46. The highest BCUT2D eigenvalue weighted by Gasteiger charge is 2.19. The lowest BCUT2D eigenvalue weighted by molar-refractivity contribution is 0.0947. The molecule has 0 radical (unpaired) electrons. The van der Waals surface area contributed by atoms with E-state index in [-0.39, 0.29) is 23.2 Å². The standard InChI is InChI=1S/C21H27N3O2/c1-4-6-7-14-22-20(25)18-12-9-13-19(23-18)21(26)24(5-2)17-11-8-10-16(3)15-17/h8-13,15H,4-7,14H2,1-3H3,(H,22,25). The third kappa shape index (κ3) is 5.15. The van der Waals surface area contributed by atoms with Gasteiger partial charge in [0.1, 0.15) is 11.4 Å². The van der Waals surface area contributed by atoms with Gasteiger partial charge < -0.3 is 10.2 Å². The maximum atomic E-state index is 12.9. The third-order valence-electron chi connectivity index (χ3n) is 4.14. The van der Waals surface area contributed by atoms with Crippen LogP contribution in [0.5, 0.6) is 0 Å². The van der Waals surface area contributed by atoms with Crippen LogP contribution in [0, 0.1) is 6.92 Å². The Labute approximate surface area is 155 Å². The molecule has 0 atom stereocenters. The maximum Gasteiger partial charge on any atom is 0.276 e. The van der Waals surface area contributed by atoms with Gasteiger partial charge in [0.15, 0.2) is 0 Å². The molecule has 26 heavy (non-hydrogen) atoms. The van der Waals surface area contributed by atoms with Crippen molar-refractivity contribution in [2.24, 2.45) is 0 Å². The van der Waals surface area contributed by atoms with Gasteiger partial charge in [-0.2, -0.15) is 0 Å². The lowest BCUT2D eigenvalue weighted by Crippen LogP contribution is -2.32. The number of anilines is 1. The summed E-state index contributed by atoms with van der Waals surface area (Å²) in [7, 11) is 0. The fourth-order valence-corrected chi connectivity index (χ4v) is 2.73. The SMILES string of the molecule is CCCCCNC(=O)c1cccc(C(=O)N(CC)c2cccc(C)c2)n1. The summed E-state index contributed by atoms with van der Waals surface area (Å²) < 4.78 is 0. The van der Waals surface area contributed by atoms with Gasteiger partial charge in [-0.05, 0) is 50.1 Å². The zero-order valence-electron chi connectivity index (χ0n) is 15.8. The Morgan fingerprint density at radius 1 is 1.04 bits per heavy atom. The molecule has 1 heterocycles. The molecule has 0 aliphatic carbocycles. The molecular formula is C21H27N3O2. The number of unbranched alkanes of at least 4 members (excludes halogenated alkanes) is 2. The molecule has 0 aliphatic heterocycles. The highest BCUT2D eigenvalue weighted by atomic mass is 16.2. The van der Waals surface area contributed by atoms with Crippen molar-refractivity contribution in [2.75, 3.05) is 18.0 Å².